The van der Waals surface area contributed by atoms with Gasteiger partial charge in [-0.05, 0) is 24.3 Å². The summed E-state index contributed by atoms with van der Waals surface area (Å²) in [4.78, 5) is 20.8. The lowest BCUT2D eigenvalue weighted by Gasteiger charge is -2.35. The molecule has 1 aromatic heterocycles. The largest absolute Gasteiger partial charge is 0.385 e. The number of amides is 1. The molecule has 0 saturated carbocycles. The topological polar surface area (TPSA) is 48.5 Å². The zero-order valence-electron chi connectivity index (χ0n) is 13.2. The van der Waals surface area contributed by atoms with Crippen LogP contribution in [0, 0.1) is 0 Å². The van der Waals surface area contributed by atoms with Crippen LogP contribution in [-0.4, -0.2) is 48.5 Å². The van der Waals surface area contributed by atoms with Gasteiger partial charge < -0.3 is 15.1 Å². The van der Waals surface area contributed by atoms with E-state index in [0.29, 0.717) is 13.0 Å². The van der Waals surface area contributed by atoms with E-state index in [-0.39, 0.29) is 5.91 Å². The number of aromatic nitrogens is 1. The molecule has 1 N–H and O–H groups in total. The average molecular weight is 310 g/mol. The third-order valence-corrected chi connectivity index (χ3v) is 4.05. The van der Waals surface area contributed by atoms with Gasteiger partial charge in [0.15, 0.2) is 0 Å². The number of hydrogen-bond donors (Lipinski definition) is 1. The van der Waals surface area contributed by atoms with Crippen molar-refractivity contribution < 1.29 is 4.79 Å². The highest BCUT2D eigenvalue weighted by molar-refractivity contribution is 5.77. The Hall–Kier alpha value is -2.56. The number of para-hydroxylation sites is 1. The fraction of sp³-hybridized carbons (Fsp3) is 0.333. The molecule has 3 rings (SSSR count). The molecule has 0 bridgehead atoms. The van der Waals surface area contributed by atoms with Crippen molar-refractivity contribution in [3.05, 3.63) is 54.7 Å². The maximum atomic E-state index is 12.3. The first kappa shape index (κ1) is 15.3. The molecule has 1 aliphatic rings. The first-order chi connectivity index (χ1) is 11.3. The van der Waals surface area contributed by atoms with Gasteiger partial charge in [0, 0.05) is 51.0 Å². The maximum absolute atomic E-state index is 12.3. The Morgan fingerprint density at radius 3 is 2.43 bits per heavy atom. The Bertz CT molecular complexity index is 609. The predicted molar refractivity (Wildman–Crippen MR) is 92.6 cm³/mol. The van der Waals surface area contributed by atoms with E-state index in [4.69, 9.17) is 0 Å². The summed E-state index contributed by atoms with van der Waals surface area (Å²) in [5, 5.41) is 3.28. The molecule has 1 amide bonds. The van der Waals surface area contributed by atoms with Gasteiger partial charge in [-0.15, -0.1) is 0 Å². The molecule has 0 spiro atoms. The van der Waals surface area contributed by atoms with Gasteiger partial charge in [0.25, 0.3) is 0 Å². The number of hydrogen-bond acceptors (Lipinski definition) is 4. The fourth-order valence-electron chi connectivity index (χ4n) is 2.75. The third-order valence-electron chi connectivity index (χ3n) is 4.05. The SMILES string of the molecule is O=C(CCNc1ccccc1)N1CCN(c2ccccn2)CC1. The van der Waals surface area contributed by atoms with Crippen LogP contribution in [0.2, 0.25) is 0 Å². The Kier molecular flexibility index (Phi) is 5.09. The average Bonchev–Trinajstić information content (AvgIpc) is 2.63. The van der Waals surface area contributed by atoms with Crippen molar-refractivity contribution in [3.63, 3.8) is 0 Å². The van der Waals surface area contributed by atoms with Crippen molar-refractivity contribution >= 4 is 17.4 Å². The Morgan fingerprint density at radius 2 is 1.74 bits per heavy atom. The molecular formula is C18H22N4O. The molecule has 1 saturated heterocycles. The van der Waals surface area contributed by atoms with Gasteiger partial charge in [-0.25, -0.2) is 4.98 Å². The van der Waals surface area contributed by atoms with Crippen molar-refractivity contribution in [2.75, 3.05) is 42.9 Å². The number of carbonyl (C=O) groups is 1. The minimum absolute atomic E-state index is 0.217. The van der Waals surface area contributed by atoms with E-state index in [1.807, 2.05) is 59.6 Å². The van der Waals surface area contributed by atoms with Crippen LogP contribution in [0.25, 0.3) is 0 Å². The predicted octanol–water partition coefficient (Wildman–Crippen LogP) is 2.23. The number of nitrogens with one attached hydrogen (secondary N) is 1. The second-order valence-electron chi connectivity index (χ2n) is 5.60. The lowest BCUT2D eigenvalue weighted by molar-refractivity contribution is -0.131. The highest BCUT2D eigenvalue weighted by Crippen LogP contribution is 2.13. The van der Waals surface area contributed by atoms with Crippen LogP contribution in [-0.2, 0) is 4.79 Å². The summed E-state index contributed by atoms with van der Waals surface area (Å²) in [5.41, 5.74) is 1.06. The zero-order chi connectivity index (χ0) is 15.9. The number of nitrogens with zero attached hydrogens (tertiary/aromatic N) is 3. The maximum Gasteiger partial charge on any atom is 0.224 e. The summed E-state index contributed by atoms with van der Waals surface area (Å²) in [6.07, 6.45) is 2.33. The summed E-state index contributed by atoms with van der Waals surface area (Å²) >= 11 is 0. The summed E-state index contributed by atoms with van der Waals surface area (Å²) in [6.45, 7) is 3.88. The van der Waals surface area contributed by atoms with E-state index < -0.39 is 0 Å². The molecule has 1 aromatic carbocycles. The monoisotopic (exact) mass is 310 g/mol. The van der Waals surface area contributed by atoms with Crippen LogP contribution >= 0.6 is 0 Å². The molecule has 0 unspecified atom stereocenters. The van der Waals surface area contributed by atoms with Crippen LogP contribution in [0.5, 0.6) is 0 Å². The molecule has 5 heteroatoms. The number of anilines is 2. The first-order valence-corrected chi connectivity index (χ1v) is 8.05. The smallest absolute Gasteiger partial charge is 0.224 e. The van der Waals surface area contributed by atoms with Crippen LogP contribution in [0.15, 0.2) is 54.7 Å². The van der Waals surface area contributed by atoms with Crippen molar-refractivity contribution in [2.45, 2.75) is 6.42 Å². The Labute approximate surface area is 136 Å². The van der Waals surface area contributed by atoms with Crippen molar-refractivity contribution in [3.8, 4) is 0 Å². The Balaban J connectivity index is 1.41. The van der Waals surface area contributed by atoms with Gasteiger partial charge in [0.05, 0.1) is 0 Å². The van der Waals surface area contributed by atoms with Gasteiger partial charge in [-0.1, -0.05) is 24.3 Å². The van der Waals surface area contributed by atoms with Gasteiger partial charge in [0.2, 0.25) is 5.91 Å². The van der Waals surface area contributed by atoms with E-state index in [9.17, 15) is 4.79 Å². The van der Waals surface area contributed by atoms with Crippen molar-refractivity contribution in [1.82, 2.24) is 9.88 Å². The van der Waals surface area contributed by atoms with Gasteiger partial charge in [-0.3, -0.25) is 4.79 Å². The molecular weight excluding hydrogens is 288 g/mol. The second kappa shape index (κ2) is 7.63. The number of benzene rings is 1. The second-order valence-corrected chi connectivity index (χ2v) is 5.60. The molecule has 0 atom stereocenters. The van der Waals surface area contributed by atoms with E-state index in [2.05, 4.69) is 15.2 Å². The normalized spacial score (nSPS) is 14.6. The minimum Gasteiger partial charge on any atom is -0.385 e. The molecule has 120 valence electrons. The number of piperazine rings is 1. The number of pyridine rings is 1. The summed E-state index contributed by atoms with van der Waals surface area (Å²) < 4.78 is 0. The molecule has 23 heavy (non-hydrogen) atoms. The van der Waals surface area contributed by atoms with Crippen LogP contribution in [0.1, 0.15) is 6.42 Å². The molecule has 0 radical (unpaired) electrons. The zero-order valence-corrected chi connectivity index (χ0v) is 13.2. The fourth-order valence-corrected chi connectivity index (χ4v) is 2.75. The van der Waals surface area contributed by atoms with E-state index in [1.54, 1.807) is 0 Å². The van der Waals surface area contributed by atoms with Gasteiger partial charge in [0.1, 0.15) is 5.82 Å². The van der Waals surface area contributed by atoms with Gasteiger partial charge in [-0.2, -0.15) is 0 Å². The highest BCUT2D eigenvalue weighted by atomic mass is 16.2. The summed E-state index contributed by atoms with van der Waals surface area (Å²) in [5.74, 6) is 1.21. The van der Waals surface area contributed by atoms with E-state index in [0.717, 1.165) is 37.7 Å². The molecule has 5 nitrogen and oxygen atoms in total. The molecule has 2 aromatic rings. The van der Waals surface area contributed by atoms with Crippen LogP contribution in [0.3, 0.4) is 0 Å². The molecule has 1 aliphatic heterocycles. The van der Waals surface area contributed by atoms with Crippen LogP contribution < -0.4 is 10.2 Å². The lowest BCUT2D eigenvalue weighted by Crippen LogP contribution is -2.49. The number of carbonyl (C=O) groups excluding carboxylic acids is 1. The van der Waals surface area contributed by atoms with E-state index in [1.165, 1.54) is 0 Å². The standard InChI is InChI=1S/C18H22N4O/c23-18(9-11-19-16-6-2-1-3-7-16)22-14-12-21(13-15-22)17-8-4-5-10-20-17/h1-8,10,19H,9,11-15H2. The summed E-state index contributed by atoms with van der Waals surface area (Å²) in [7, 11) is 0. The van der Waals surface area contributed by atoms with Crippen molar-refractivity contribution in [2.24, 2.45) is 0 Å². The summed E-state index contributed by atoms with van der Waals surface area (Å²) in [6, 6.07) is 15.9. The minimum atomic E-state index is 0.217. The molecule has 1 fully saturated rings. The quantitative estimate of drug-likeness (QED) is 0.920. The van der Waals surface area contributed by atoms with Crippen molar-refractivity contribution in [1.29, 1.82) is 0 Å². The number of rotatable bonds is 5. The molecule has 2 heterocycles. The molecule has 0 aliphatic carbocycles. The highest BCUT2D eigenvalue weighted by Gasteiger charge is 2.21. The van der Waals surface area contributed by atoms with Gasteiger partial charge >= 0.3 is 0 Å². The van der Waals surface area contributed by atoms with E-state index >= 15 is 0 Å². The third kappa shape index (κ3) is 4.22. The first-order valence-electron chi connectivity index (χ1n) is 8.05. The van der Waals surface area contributed by atoms with Crippen LogP contribution in [0.4, 0.5) is 11.5 Å². The lowest BCUT2D eigenvalue weighted by atomic mass is 10.2. The Morgan fingerprint density at radius 1 is 1.00 bits per heavy atom.